The maximum absolute atomic E-state index is 12.6. The van der Waals surface area contributed by atoms with Crippen LogP contribution in [0.2, 0.25) is 0 Å². The molecule has 0 saturated heterocycles. The average Bonchev–Trinajstić information content (AvgIpc) is 3.19. The van der Waals surface area contributed by atoms with Crippen molar-refractivity contribution in [1.82, 2.24) is 4.90 Å². The number of methoxy groups -OCH3 is 1. The van der Waals surface area contributed by atoms with Gasteiger partial charge in [0, 0.05) is 26.1 Å². The van der Waals surface area contributed by atoms with Gasteiger partial charge in [-0.1, -0.05) is 6.92 Å². The van der Waals surface area contributed by atoms with Gasteiger partial charge < -0.3 is 23.6 Å². The van der Waals surface area contributed by atoms with E-state index in [2.05, 4.69) is 0 Å². The highest BCUT2D eigenvalue weighted by atomic mass is 16.5. The number of ether oxygens (including phenoxy) is 1. The normalized spacial score (nSPS) is 10.7. The van der Waals surface area contributed by atoms with Crippen molar-refractivity contribution >= 4 is 11.9 Å². The summed E-state index contributed by atoms with van der Waals surface area (Å²) >= 11 is 0. The highest BCUT2D eigenvalue weighted by Crippen LogP contribution is 2.19. The van der Waals surface area contributed by atoms with Crippen molar-refractivity contribution in [2.24, 2.45) is 0 Å². The molecule has 0 spiro atoms. The van der Waals surface area contributed by atoms with Crippen molar-refractivity contribution < 1.29 is 28.3 Å². The van der Waals surface area contributed by atoms with Gasteiger partial charge in [-0.25, -0.2) is 4.79 Å². The summed E-state index contributed by atoms with van der Waals surface area (Å²) in [4.78, 5) is 25.3. The molecule has 0 unspecified atom stereocenters. The Balaban J connectivity index is 2.23. The van der Waals surface area contributed by atoms with E-state index in [1.165, 1.54) is 17.2 Å². The Bertz CT molecular complexity index is 658. The predicted octanol–water partition coefficient (Wildman–Crippen LogP) is 2.42. The van der Waals surface area contributed by atoms with Crippen LogP contribution in [0.5, 0.6) is 0 Å². The number of aromatic carboxylic acids is 1. The first-order chi connectivity index (χ1) is 11.1. The molecule has 1 N–H and O–H groups in total. The molecule has 7 nitrogen and oxygen atoms in total. The second-order valence-corrected chi connectivity index (χ2v) is 4.91. The van der Waals surface area contributed by atoms with E-state index in [0.29, 0.717) is 25.3 Å². The second-order valence-electron chi connectivity index (χ2n) is 4.91. The zero-order chi connectivity index (χ0) is 16.8. The van der Waals surface area contributed by atoms with Crippen LogP contribution in [0.15, 0.2) is 33.3 Å². The molecule has 7 heteroatoms. The van der Waals surface area contributed by atoms with Crippen LogP contribution < -0.4 is 0 Å². The summed E-state index contributed by atoms with van der Waals surface area (Å²) in [6.45, 7) is 2.70. The fourth-order valence-corrected chi connectivity index (χ4v) is 2.18. The summed E-state index contributed by atoms with van der Waals surface area (Å²) < 4.78 is 15.7. The monoisotopic (exact) mass is 321 g/mol. The molecule has 0 atom stereocenters. The molecule has 124 valence electrons. The molecule has 0 aliphatic rings. The Morgan fingerprint density at radius 1 is 1.39 bits per heavy atom. The van der Waals surface area contributed by atoms with Gasteiger partial charge in [0.15, 0.2) is 5.76 Å². The summed E-state index contributed by atoms with van der Waals surface area (Å²) in [5.74, 6) is -0.609. The van der Waals surface area contributed by atoms with Crippen molar-refractivity contribution in [2.75, 3.05) is 20.3 Å². The Labute approximate surface area is 133 Å². The van der Waals surface area contributed by atoms with Crippen LogP contribution >= 0.6 is 0 Å². The second kappa shape index (κ2) is 7.64. The number of amides is 1. The van der Waals surface area contributed by atoms with Crippen molar-refractivity contribution in [2.45, 2.75) is 19.9 Å². The molecular weight excluding hydrogens is 302 g/mol. The van der Waals surface area contributed by atoms with E-state index in [1.807, 2.05) is 0 Å². The quantitative estimate of drug-likeness (QED) is 0.802. The number of hydrogen-bond acceptors (Lipinski definition) is 5. The zero-order valence-corrected chi connectivity index (χ0v) is 13.1. The standard InChI is InChI=1S/C16H19NO6/c1-3-13-12(16(19)20)9-14(23-13)15(18)17(6-8-21-2)10-11-5-4-7-22-11/h4-5,7,9H,3,6,8,10H2,1-2H3,(H,19,20). The maximum atomic E-state index is 12.6. The molecule has 2 rings (SSSR count). The molecular formula is C16H19NO6. The smallest absolute Gasteiger partial charge is 0.339 e. The van der Waals surface area contributed by atoms with E-state index in [1.54, 1.807) is 26.2 Å². The van der Waals surface area contributed by atoms with Crippen LogP contribution in [0.1, 0.15) is 39.4 Å². The van der Waals surface area contributed by atoms with Crippen LogP contribution in [-0.2, 0) is 17.7 Å². The third-order valence-electron chi connectivity index (χ3n) is 3.35. The lowest BCUT2D eigenvalue weighted by Gasteiger charge is -2.20. The van der Waals surface area contributed by atoms with E-state index >= 15 is 0 Å². The number of carboxylic acids is 1. The summed E-state index contributed by atoms with van der Waals surface area (Å²) in [6, 6.07) is 4.76. The lowest BCUT2D eigenvalue weighted by molar-refractivity contribution is 0.0632. The van der Waals surface area contributed by atoms with Gasteiger partial charge in [0.05, 0.1) is 19.4 Å². The predicted molar refractivity (Wildman–Crippen MR) is 80.4 cm³/mol. The Kier molecular flexibility index (Phi) is 5.59. The molecule has 2 heterocycles. The maximum Gasteiger partial charge on any atom is 0.339 e. The summed E-state index contributed by atoms with van der Waals surface area (Å²) in [5, 5.41) is 9.16. The van der Waals surface area contributed by atoms with Crippen LogP contribution in [0.25, 0.3) is 0 Å². The van der Waals surface area contributed by atoms with E-state index in [9.17, 15) is 9.59 Å². The molecule has 2 aromatic rings. The third kappa shape index (κ3) is 4.01. The van der Waals surface area contributed by atoms with Gasteiger partial charge in [-0.2, -0.15) is 0 Å². The number of carboxylic acid groups (broad SMARTS) is 1. The van der Waals surface area contributed by atoms with Gasteiger partial charge in [-0.15, -0.1) is 0 Å². The first-order valence-corrected chi connectivity index (χ1v) is 7.23. The SMILES string of the molecule is CCc1oc(C(=O)N(CCOC)Cc2ccco2)cc1C(=O)O. The van der Waals surface area contributed by atoms with Crippen LogP contribution in [0.3, 0.4) is 0 Å². The van der Waals surface area contributed by atoms with Gasteiger partial charge in [-0.05, 0) is 12.1 Å². The molecule has 0 fully saturated rings. The molecule has 1 amide bonds. The molecule has 0 radical (unpaired) electrons. The molecule has 0 aliphatic heterocycles. The first-order valence-electron chi connectivity index (χ1n) is 7.23. The van der Waals surface area contributed by atoms with E-state index in [4.69, 9.17) is 18.7 Å². The van der Waals surface area contributed by atoms with Crippen molar-refractivity contribution in [3.63, 3.8) is 0 Å². The zero-order valence-electron chi connectivity index (χ0n) is 13.1. The summed E-state index contributed by atoms with van der Waals surface area (Å²) in [7, 11) is 1.54. The number of furan rings is 2. The minimum atomic E-state index is -1.11. The highest BCUT2D eigenvalue weighted by molar-refractivity contribution is 5.96. The van der Waals surface area contributed by atoms with E-state index in [-0.39, 0.29) is 23.6 Å². The van der Waals surface area contributed by atoms with Gasteiger partial charge in [0.2, 0.25) is 0 Å². The number of aryl methyl sites for hydroxylation is 1. The average molecular weight is 321 g/mol. The number of carbonyl (C=O) groups excluding carboxylic acids is 1. The molecule has 2 aromatic heterocycles. The van der Waals surface area contributed by atoms with E-state index in [0.717, 1.165) is 0 Å². The van der Waals surface area contributed by atoms with Crippen molar-refractivity contribution in [3.05, 3.63) is 47.3 Å². The van der Waals surface area contributed by atoms with Crippen LogP contribution in [0.4, 0.5) is 0 Å². The Morgan fingerprint density at radius 2 is 2.17 bits per heavy atom. The number of hydrogen-bond donors (Lipinski definition) is 1. The summed E-state index contributed by atoms with van der Waals surface area (Å²) in [6.07, 6.45) is 1.92. The third-order valence-corrected chi connectivity index (χ3v) is 3.35. The van der Waals surface area contributed by atoms with Crippen molar-refractivity contribution in [3.8, 4) is 0 Å². The van der Waals surface area contributed by atoms with Gasteiger partial charge >= 0.3 is 5.97 Å². The Morgan fingerprint density at radius 3 is 2.70 bits per heavy atom. The fraction of sp³-hybridized carbons (Fsp3) is 0.375. The number of rotatable bonds is 8. The lowest BCUT2D eigenvalue weighted by atomic mass is 10.2. The van der Waals surface area contributed by atoms with Crippen molar-refractivity contribution in [1.29, 1.82) is 0 Å². The largest absolute Gasteiger partial charge is 0.478 e. The Hall–Kier alpha value is -2.54. The molecule has 0 aliphatic carbocycles. The minimum Gasteiger partial charge on any atom is -0.478 e. The number of carbonyl (C=O) groups is 2. The highest BCUT2D eigenvalue weighted by Gasteiger charge is 2.24. The molecule has 0 aromatic carbocycles. The first kappa shape index (κ1) is 16.8. The van der Waals surface area contributed by atoms with Gasteiger partial charge in [-0.3, -0.25) is 4.79 Å². The molecule has 0 bridgehead atoms. The molecule has 23 heavy (non-hydrogen) atoms. The van der Waals surface area contributed by atoms with E-state index < -0.39 is 11.9 Å². The lowest BCUT2D eigenvalue weighted by Crippen LogP contribution is -2.33. The van der Waals surface area contributed by atoms with Gasteiger partial charge in [0.25, 0.3) is 5.91 Å². The fourth-order valence-electron chi connectivity index (χ4n) is 2.18. The number of nitrogens with zero attached hydrogens (tertiary/aromatic N) is 1. The minimum absolute atomic E-state index is 0.00177. The van der Waals surface area contributed by atoms with Gasteiger partial charge in [0.1, 0.15) is 17.1 Å². The topological polar surface area (TPSA) is 93.1 Å². The molecule has 0 saturated carbocycles. The summed E-state index contributed by atoms with van der Waals surface area (Å²) in [5.41, 5.74) is 0.0144. The van der Waals surface area contributed by atoms with Crippen LogP contribution in [-0.4, -0.2) is 42.1 Å². The van der Waals surface area contributed by atoms with Crippen LogP contribution in [0, 0.1) is 0 Å².